The highest BCUT2D eigenvalue weighted by atomic mass is 32.2. The average Bonchev–Trinajstić information content (AvgIpc) is 3.23. The molecular formula is C19H23N3O3S. The number of hydrogen-bond donors (Lipinski definition) is 1. The van der Waals surface area contributed by atoms with Crippen LogP contribution in [0.5, 0.6) is 0 Å². The first-order chi connectivity index (χ1) is 12.5. The Morgan fingerprint density at radius 3 is 2.88 bits per heavy atom. The van der Waals surface area contributed by atoms with Crippen molar-refractivity contribution in [2.75, 3.05) is 5.75 Å². The molecule has 26 heavy (non-hydrogen) atoms. The number of rotatable bonds is 8. The first-order valence-corrected chi connectivity index (χ1v) is 9.87. The van der Waals surface area contributed by atoms with Crippen molar-refractivity contribution in [2.45, 2.75) is 50.3 Å². The third-order valence-corrected chi connectivity index (χ3v) is 5.48. The number of carbonyl (C=O) groups excluding carboxylic acids is 2. The lowest BCUT2D eigenvalue weighted by molar-refractivity contribution is -0.156. The lowest BCUT2D eigenvalue weighted by Gasteiger charge is -2.20. The van der Waals surface area contributed by atoms with E-state index in [1.807, 2.05) is 30.3 Å². The summed E-state index contributed by atoms with van der Waals surface area (Å²) in [4.78, 5) is 29.1. The lowest BCUT2D eigenvalue weighted by Crippen LogP contribution is -2.36. The van der Waals surface area contributed by atoms with Crippen LogP contribution in [0.1, 0.15) is 39.5 Å². The van der Waals surface area contributed by atoms with Crippen molar-refractivity contribution in [1.29, 1.82) is 0 Å². The first kappa shape index (κ1) is 18.6. The van der Waals surface area contributed by atoms with E-state index in [9.17, 15) is 9.59 Å². The number of H-pyrrole nitrogens is 1. The van der Waals surface area contributed by atoms with Gasteiger partial charge in [-0.15, -0.1) is 5.10 Å². The van der Waals surface area contributed by atoms with Gasteiger partial charge in [-0.2, -0.15) is 0 Å². The van der Waals surface area contributed by atoms with Crippen molar-refractivity contribution < 1.29 is 14.3 Å². The van der Waals surface area contributed by atoms with Crippen molar-refractivity contribution >= 4 is 23.5 Å². The van der Waals surface area contributed by atoms with Crippen molar-refractivity contribution in [3.63, 3.8) is 0 Å². The molecule has 2 heterocycles. The van der Waals surface area contributed by atoms with E-state index in [1.54, 1.807) is 6.92 Å². The first-order valence-electron chi connectivity index (χ1n) is 8.88. The number of aromatic nitrogens is 3. The van der Waals surface area contributed by atoms with Gasteiger partial charge >= 0.3 is 5.97 Å². The molecule has 1 aliphatic heterocycles. The van der Waals surface area contributed by atoms with Crippen LogP contribution in [0.15, 0.2) is 35.5 Å². The Morgan fingerprint density at radius 1 is 1.38 bits per heavy atom. The molecule has 1 saturated heterocycles. The highest BCUT2D eigenvalue weighted by molar-refractivity contribution is 7.99. The quantitative estimate of drug-likeness (QED) is 0.562. The number of nitrogens with one attached hydrogen (secondary N) is 1. The van der Waals surface area contributed by atoms with Gasteiger partial charge in [0.05, 0.1) is 11.7 Å². The summed E-state index contributed by atoms with van der Waals surface area (Å²) in [7, 11) is 0. The number of cyclic esters (lactones) is 1. The highest BCUT2D eigenvalue weighted by Crippen LogP contribution is 2.35. The molecule has 6 nitrogen and oxygen atoms in total. The Morgan fingerprint density at radius 2 is 2.15 bits per heavy atom. The van der Waals surface area contributed by atoms with E-state index < -0.39 is 5.60 Å². The average molecular weight is 373 g/mol. The van der Waals surface area contributed by atoms with Gasteiger partial charge in [0.25, 0.3) is 0 Å². The standard InChI is InChI=1S/C19H23N3O3S/c1-3-4-8-14-11-19(2,25-17(14)24)15(23)12-26-18-20-16(21-22-18)13-9-6-5-7-10-13/h5-7,9-10,14H,3-4,8,11-12H2,1-2H3,(H,20,21,22)/t14-,19-/m0/s1. The number of esters is 1. The molecule has 7 heteroatoms. The Hall–Kier alpha value is -2.15. The lowest BCUT2D eigenvalue weighted by atomic mass is 9.90. The maximum Gasteiger partial charge on any atom is 0.310 e. The molecule has 0 aliphatic carbocycles. The summed E-state index contributed by atoms with van der Waals surface area (Å²) in [6.07, 6.45) is 3.25. The zero-order chi connectivity index (χ0) is 18.6. The predicted molar refractivity (Wildman–Crippen MR) is 99.7 cm³/mol. The third kappa shape index (κ3) is 4.15. The van der Waals surface area contributed by atoms with Gasteiger partial charge in [0.15, 0.2) is 17.2 Å². The zero-order valence-corrected chi connectivity index (χ0v) is 15.8. The fourth-order valence-corrected chi connectivity index (χ4v) is 3.89. The molecule has 1 aliphatic rings. The van der Waals surface area contributed by atoms with E-state index in [4.69, 9.17) is 4.74 Å². The van der Waals surface area contributed by atoms with Crippen LogP contribution in [0.3, 0.4) is 0 Å². The Balaban J connectivity index is 1.57. The summed E-state index contributed by atoms with van der Waals surface area (Å²) in [6.45, 7) is 3.80. The van der Waals surface area contributed by atoms with Gasteiger partial charge in [-0.25, -0.2) is 4.98 Å². The fourth-order valence-electron chi connectivity index (χ4n) is 3.06. The molecule has 138 valence electrons. The van der Waals surface area contributed by atoms with Gasteiger partial charge < -0.3 is 4.74 Å². The fraction of sp³-hybridized carbons (Fsp3) is 0.474. The molecule has 2 atom stereocenters. The number of carbonyl (C=O) groups is 2. The van der Waals surface area contributed by atoms with E-state index in [0.717, 1.165) is 24.8 Å². The summed E-state index contributed by atoms with van der Waals surface area (Å²) in [5.41, 5.74) is -0.0882. The molecule has 0 unspecified atom stereocenters. The van der Waals surface area contributed by atoms with E-state index in [1.165, 1.54) is 11.8 Å². The van der Waals surface area contributed by atoms with Crippen LogP contribution in [0.25, 0.3) is 11.4 Å². The molecule has 3 rings (SSSR count). The normalized spacial score (nSPS) is 22.4. The van der Waals surface area contributed by atoms with Crippen LogP contribution in [0.4, 0.5) is 0 Å². The van der Waals surface area contributed by atoms with Gasteiger partial charge in [0.1, 0.15) is 0 Å². The summed E-state index contributed by atoms with van der Waals surface area (Å²) >= 11 is 1.26. The van der Waals surface area contributed by atoms with Crippen LogP contribution in [-0.4, -0.2) is 38.3 Å². The van der Waals surface area contributed by atoms with Gasteiger partial charge in [0.2, 0.25) is 5.16 Å². The highest BCUT2D eigenvalue weighted by Gasteiger charge is 2.47. The van der Waals surface area contributed by atoms with Crippen molar-refractivity contribution in [3.05, 3.63) is 30.3 Å². The predicted octanol–water partition coefficient (Wildman–Crippen LogP) is 3.64. The van der Waals surface area contributed by atoms with Crippen molar-refractivity contribution in [2.24, 2.45) is 5.92 Å². The second-order valence-corrected chi connectivity index (χ2v) is 7.68. The molecule has 1 aromatic carbocycles. The third-order valence-electron chi connectivity index (χ3n) is 4.64. The van der Waals surface area contributed by atoms with E-state index >= 15 is 0 Å². The Labute approximate surface area is 157 Å². The molecule has 0 amide bonds. The number of ketones is 1. The second-order valence-electron chi connectivity index (χ2n) is 6.74. The number of aromatic amines is 1. The molecular weight excluding hydrogens is 350 g/mol. The maximum absolute atomic E-state index is 12.6. The molecule has 1 N–H and O–H groups in total. The molecule has 0 saturated carbocycles. The minimum atomic E-state index is -1.03. The summed E-state index contributed by atoms with van der Waals surface area (Å²) in [6, 6.07) is 9.67. The Kier molecular flexibility index (Phi) is 5.76. The summed E-state index contributed by atoms with van der Waals surface area (Å²) in [5.74, 6) is 0.335. The van der Waals surface area contributed by atoms with Gasteiger partial charge in [0, 0.05) is 12.0 Å². The monoisotopic (exact) mass is 373 g/mol. The van der Waals surface area contributed by atoms with Crippen molar-refractivity contribution in [3.8, 4) is 11.4 Å². The zero-order valence-electron chi connectivity index (χ0n) is 15.0. The number of thioether (sulfide) groups is 1. The second kappa shape index (κ2) is 8.03. The van der Waals surface area contributed by atoms with Crippen LogP contribution in [0, 0.1) is 5.92 Å². The molecule has 0 spiro atoms. The van der Waals surface area contributed by atoms with Crippen LogP contribution < -0.4 is 0 Å². The van der Waals surface area contributed by atoms with E-state index in [2.05, 4.69) is 22.1 Å². The molecule has 1 aromatic heterocycles. The van der Waals surface area contributed by atoms with Crippen LogP contribution >= 0.6 is 11.8 Å². The van der Waals surface area contributed by atoms with Gasteiger partial charge in [-0.3, -0.25) is 14.7 Å². The number of nitrogens with zero attached hydrogens (tertiary/aromatic N) is 2. The largest absolute Gasteiger partial charge is 0.451 e. The van der Waals surface area contributed by atoms with Crippen LogP contribution in [-0.2, 0) is 14.3 Å². The number of ether oxygens (including phenoxy) is 1. The molecule has 0 bridgehead atoms. The van der Waals surface area contributed by atoms with Crippen molar-refractivity contribution in [1.82, 2.24) is 15.2 Å². The van der Waals surface area contributed by atoms with Gasteiger partial charge in [-0.1, -0.05) is 61.9 Å². The maximum atomic E-state index is 12.6. The number of hydrogen-bond acceptors (Lipinski definition) is 6. The topological polar surface area (TPSA) is 84.9 Å². The Bertz CT molecular complexity index is 777. The minimum Gasteiger partial charge on any atom is -0.451 e. The number of benzene rings is 1. The smallest absolute Gasteiger partial charge is 0.310 e. The minimum absolute atomic E-state index is 0.0964. The molecule has 1 fully saturated rings. The summed E-state index contributed by atoms with van der Waals surface area (Å²) < 4.78 is 5.43. The number of Topliss-reactive ketones (excluding diaryl/α,β-unsaturated/α-hetero) is 1. The number of unbranched alkanes of at least 4 members (excludes halogenated alkanes) is 1. The molecule has 2 aromatic rings. The summed E-state index contributed by atoms with van der Waals surface area (Å²) in [5, 5.41) is 7.54. The van der Waals surface area contributed by atoms with Crippen LogP contribution in [0.2, 0.25) is 0 Å². The van der Waals surface area contributed by atoms with Gasteiger partial charge in [-0.05, 0) is 13.3 Å². The van der Waals surface area contributed by atoms with E-state index in [-0.39, 0.29) is 23.4 Å². The van der Waals surface area contributed by atoms with E-state index in [0.29, 0.717) is 17.4 Å². The molecule has 0 radical (unpaired) electrons. The SMILES string of the molecule is CCCC[C@H]1C[C@@](C)(C(=O)CSc2n[nH]c(-c3ccccc3)n2)OC1=O.